The van der Waals surface area contributed by atoms with E-state index in [1.807, 2.05) is 6.92 Å². The summed E-state index contributed by atoms with van der Waals surface area (Å²) in [5.74, 6) is -0.345. The first kappa shape index (κ1) is 14.3. The fourth-order valence-electron chi connectivity index (χ4n) is 2.45. The van der Waals surface area contributed by atoms with Gasteiger partial charge < -0.3 is 19.7 Å². The number of likely N-dealkylation sites (N-methyl/N-ethyl adjacent to an activating group) is 1. The Balaban J connectivity index is 1.73. The predicted octanol–water partition coefficient (Wildman–Crippen LogP) is -0.0810. The summed E-state index contributed by atoms with van der Waals surface area (Å²) >= 11 is 0. The van der Waals surface area contributed by atoms with Crippen molar-refractivity contribution in [2.75, 3.05) is 32.8 Å². The molecule has 19 heavy (non-hydrogen) atoms. The van der Waals surface area contributed by atoms with Gasteiger partial charge >= 0.3 is 5.97 Å². The molecule has 2 heterocycles. The summed E-state index contributed by atoms with van der Waals surface area (Å²) < 4.78 is 10.6. The summed E-state index contributed by atoms with van der Waals surface area (Å²) in [5.41, 5.74) is 0. The van der Waals surface area contributed by atoms with Crippen molar-refractivity contribution < 1.29 is 19.1 Å². The molecule has 0 saturated carbocycles. The van der Waals surface area contributed by atoms with E-state index in [9.17, 15) is 9.59 Å². The van der Waals surface area contributed by atoms with Crippen molar-refractivity contribution in [3.63, 3.8) is 0 Å². The molecule has 1 amide bonds. The van der Waals surface area contributed by atoms with E-state index in [4.69, 9.17) is 9.47 Å². The van der Waals surface area contributed by atoms with E-state index in [0.29, 0.717) is 19.7 Å². The number of esters is 1. The number of amides is 1. The third kappa shape index (κ3) is 3.91. The van der Waals surface area contributed by atoms with Crippen LogP contribution < -0.4 is 5.32 Å². The summed E-state index contributed by atoms with van der Waals surface area (Å²) in [7, 11) is 0. The number of piperazine rings is 1. The monoisotopic (exact) mass is 270 g/mol. The van der Waals surface area contributed by atoms with Crippen molar-refractivity contribution in [2.24, 2.45) is 0 Å². The summed E-state index contributed by atoms with van der Waals surface area (Å²) in [6.45, 7) is 5.10. The molecule has 2 aliphatic rings. The van der Waals surface area contributed by atoms with Crippen LogP contribution in [0, 0.1) is 0 Å². The molecule has 0 aliphatic carbocycles. The van der Waals surface area contributed by atoms with Crippen LogP contribution in [0.2, 0.25) is 0 Å². The second-order valence-electron chi connectivity index (χ2n) is 4.95. The molecule has 2 rings (SSSR count). The van der Waals surface area contributed by atoms with Crippen LogP contribution >= 0.6 is 0 Å². The number of nitrogens with zero attached hydrogens (tertiary/aromatic N) is 1. The quantitative estimate of drug-likeness (QED) is 0.708. The molecule has 2 fully saturated rings. The lowest BCUT2D eigenvalue weighted by atomic mass is 10.1. The van der Waals surface area contributed by atoms with Gasteiger partial charge in [-0.25, -0.2) is 0 Å². The van der Waals surface area contributed by atoms with Crippen LogP contribution in [0.5, 0.6) is 0 Å². The molecule has 0 spiro atoms. The van der Waals surface area contributed by atoms with Gasteiger partial charge in [-0.3, -0.25) is 9.59 Å². The Morgan fingerprint density at radius 2 is 2.42 bits per heavy atom. The summed E-state index contributed by atoms with van der Waals surface area (Å²) in [4.78, 5) is 25.5. The molecular formula is C13H22N2O4. The number of carbonyl (C=O) groups excluding carboxylic acids is 2. The maximum atomic E-state index is 12.0. The first-order valence-corrected chi connectivity index (χ1v) is 7.00. The Kier molecular flexibility index (Phi) is 5.15. The highest BCUT2D eigenvalue weighted by Crippen LogP contribution is 2.13. The topological polar surface area (TPSA) is 67.9 Å². The van der Waals surface area contributed by atoms with Gasteiger partial charge in [-0.1, -0.05) is 0 Å². The summed E-state index contributed by atoms with van der Waals surface area (Å²) in [6.07, 6.45) is 2.10. The molecule has 108 valence electrons. The van der Waals surface area contributed by atoms with Crippen molar-refractivity contribution in [2.45, 2.75) is 38.3 Å². The van der Waals surface area contributed by atoms with Gasteiger partial charge in [0.2, 0.25) is 5.91 Å². The highest BCUT2D eigenvalue weighted by atomic mass is 16.6. The fourth-order valence-corrected chi connectivity index (χ4v) is 2.45. The Morgan fingerprint density at radius 1 is 1.58 bits per heavy atom. The molecule has 0 aromatic carbocycles. The van der Waals surface area contributed by atoms with Gasteiger partial charge in [-0.05, 0) is 19.8 Å². The Morgan fingerprint density at radius 3 is 3.11 bits per heavy atom. The number of carbonyl (C=O) groups is 2. The zero-order valence-electron chi connectivity index (χ0n) is 11.4. The molecule has 0 bridgehead atoms. The first-order chi connectivity index (χ1) is 9.20. The van der Waals surface area contributed by atoms with Crippen LogP contribution in [0.1, 0.15) is 26.2 Å². The normalized spacial score (nSPS) is 27.6. The van der Waals surface area contributed by atoms with E-state index in [2.05, 4.69) is 5.32 Å². The van der Waals surface area contributed by atoms with Crippen LogP contribution in [0.25, 0.3) is 0 Å². The highest BCUT2D eigenvalue weighted by molar-refractivity contribution is 5.87. The van der Waals surface area contributed by atoms with Crippen LogP contribution in [0.3, 0.4) is 0 Å². The molecule has 2 aliphatic heterocycles. The largest absolute Gasteiger partial charge is 0.463 e. The molecule has 2 saturated heterocycles. The lowest BCUT2D eigenvalue weighted by Gasteiger charge is -2.31. The fraction of sp³-hybridized carbons (Fsp3) is 0.846. The first-order valence-electron chi connectivity index (χ1n) is 7.00. The maximum Gasteiger partial charge on any atom is 0.308 e. The SMILES string of the molecule is CCN1CCNC(CC(=O)OCC2CCCO2)C1=O. The van der Waals surface area contributed by atoms with E-state index >= 15 is 0 Å². The average molecular weight is 270 g/mol. The second kappa shape index (κ2) is 6.86. The molecule has 2 unspecified atom stereocenters. The Hall–Kier alpha value is -1.14. The van der Waals surface area contributed by atoms with Gasteiger partial charge in [0.15, 0.2) is 0 Å². The minimum absolute atomic E-state index is 0.0113. The lowest BCUT2D eigenvalue weighted by molar-refractivity contribution is -0.150. The van der Waals surface area contributed by atoms with Crippen molar-refractivity contribution in [3.05, 3.63) is 0 Å². The highest BCUT2D eigenvalue weighted by Gasteiger charge is 2.30. The zero-order chi connectivity index (χ0) is 13.7. The van der Waals surface area contributed by atoms with Gasteiger partial charge in [0.1, 0.15) is 6.61 Å². The number of hydrogen-bond donors (Lipinski definition) is 1. The molecule has 0 aromatic rings. The number of rotatable bonds is 5. The minimum Gasteiger partial charge on any atom is -0.463 e. The second-order valence-corrected chi connectivity index (χ2v) is 4.95. The van der Waals surface area contributed by atoms with Crippen molar-refractivity contribution in [1.29, 1.82) is 0 Å². The lowest BCUT2D eigenvalue weighted by Crippen LogP contribution is -2.55. The molecule has 6 nitrogen and oxygen atoms in total. The summed E-state index contributed by atoms with van der Waals surface area (Å²) in [6, 6.07) is -0.439. The smallest absolute Gasteiger partial charge is 0.308 e. The molecule has 6 heteroatoms. The zero-order valence-corrected chi connectivity index (χ0v) is 11.4. The standard InChI is InChI=1S/C13H22N2O4/c1-2-15-6-5-14-11(13(15)17)8-12(16)19-9-10-4-3-7-18-10/h10-11,14H,2-9H2,1H3. The third-order valence-electron chi connectivity index (χ3n) is 3.59. The van der Waals surface area contributed by atoms with E-state index in [-0.39, 0.29) is 24.4 Å². The van der Waals surface area contributed by atoms with Gasteiger partial charge in [0.05, 0.1) is 18.6 Å². The molecular weight excluding hydrogens is 248 g/mol. The van der Waals surface area contributed by atoms with Crippen LogP contribution in [-0.2, 0) is 19.1 Å². The number of ether oxygens (including phenoxy) is 2. The van der Waals surface area contributed by atoms with E-state index < -0.39 is 6.04 Å². The van der Waals surface area contributed by atoms with E-state index in [1.54, 1.807) is 4.90 Å². The Labute approximate surface area is 113 Å². The molecule has 1 N–H and O–H groups in total. The molecule has 0 aromatic heterocycles. The van der Waals surface area contributed by atoms with Crippen molar-refractivity contribution in [3.8, 4) is 0 Å². The van der Waals surface area contributed by atoms with Crippen LogP contribution in [0.15, 0.2) is 0 Å². The summed E-state index contributed by atoms with van der Waals surface area (Å²) in [5, 5.41) is 3.07. The Bertz CT molecular complexity index is 329. The number of nitrogens with one attached hydrogen (secondary N) is 1. The van der Waals surface area contributed by atoms with Crippen molar-refractivity contribution in [1.82, 2.24) is 10.2 Å². The minimum atomic E-state index is -0.439. The van der Waals surface area contributed by atoms with Gasteiger partial charge in [-0.2, -0.15) is 0 Å². The number of hydrogen-bond acceptors (Lipinski definition) is 5. The average Bonchev–Trinajstić information content (AvgIpc) is 2.92. The van der Waals surface area contributed by atoms with Crippen molar-refractivity contribution >= 4 is 11.9 Å². The molecule has 0 radical (unpaired) electrons. The van der Waals surface area contributed by atoms with Crippen LogP contribution in [-0.4, -0.2) is 61.8 Å². The van der Waals surface area contributed by atoms with Crippen LogP contribution in [0.4, 0.5) is 0 Å². The van der Waals surface area contributed by atoms with E-state index in [1.165, 1.54) is 0 Å². The van der Waals surface area contributed by atoms with E-state index in [0.717, 1.165) is 26.0 Å². The maximum absolute atomic E-state index is 12.0. The predicted molar refractivity (Wildman–Crippen MR) is 68.6 cm³/mol. The van der Waals surface area contributed by atoms with Gasteiger partial charge in [0, 0.05) is 26.2 Å². The molecule has 2 atom stereocenters. The van der Waals surface area contributed by atoms with Gasteiger partial charge in [0.25, 0.3) is 0 Å². The van der Waals surface area contributed by atoms with Gasteiger partial charge in [-0.15, -0.1) is 0 Å². The third-order valence-corrected chi connectivity index (χ3v) is 3.59.